The fourth-order valence-electron chi connectivity index (χ4n) is 2.21. The Bertz CT molecular complexity index is 652. The molecule has 0 N–H and O–H groups in total. The second-order valence-electron chi connectivity index (χ2n) is 5.57. The van der Waals surface area contributed by atoms with Gasteiger partial charge in [0.05, 0.1) is 6.61 Å². The molecule has 2 aromatic rings. The molecule has 2 aromatic carbocycles. The molecule has 2 rings (SSSR count). The number of hydrogen-bond acceptors (Lipinski definition) is 4. The largest absolute Gasteiger partial charge is 0.493 e. The molecule has 0 spiro atoms. The first-order chi connectivity index (χ1) is 12.1. The molecule has 4 nitrogen and oxygen atoms in total. The average molecular weight is 363 g/mol. The van der Waals surface area contributed by atoms with E-state index in [1.807, 2.05) is 55.5 Å². The summed E-state index contributed by atoms with van der Waals surface area (Å²) in [7, 11) is 0. The molecule has 0 aliphatic carbocycles. The zero-order chi connectivity index (χ0) is 18.1. The number of halogens is 1. The fourth-order valence-corrected chi connectivity index (χ4v) is 2.34. The molecule has 0 saturated heterocycles. The number of ether oxygens (including phenoxy) is 3. The van der Waals surface area contributed by atoms with E-state index in [1.165, 1.54) is 5.56 Å². The Morgan fingerprint density at radius 2 is 1.68 bits per heavy atom. The smallest absolute Gasteiger partial charge is 0.335 e. The van der Waals surface area contributed by atoms with Gasteiger partial charge < -0.3 is 14.2 Å². The van der Waals surface area contributed by atoms with Crippen LogP contribution < -0.4 is 4.74 Å². The van der Waals surface area contributed by atoms with Crippen molar-refractivity contribution in [3.8, 4) is 5.75 Å². The summed E-state index contributed by atoms with van der Waals surface area (Å²) in [6.45, 7) is 4.82. The number of carbonyl (C=O) groups is 1. The maximum atomic E-state index is 11.7. The average Bonchev–Trinajstić information content (AvgIpc) is 2.62. The number of hydrogen-bond donors (Lipinski definition) is 0. The van der Waals surface area contributed by atoms with E-state index in [-0.39, 0.29) is 12.6 Å². The Kier molecular flexibility index (Phi) is 7.76. The summed E-state index contributed by atoms with van der Waals surface area (Å²) in [6.07, 6.45) is 0.270. The quantitative estimate of drug-likeness (QED) is 0.619. The van der Waals surface area contributed by atoms with Crippen LogP contribution in [0.2, 0.25) is 5.02 Å². The van der Waals surface area contributed by atoms with E-state index in [0.717, 1.165) is 22.8 Å². The second kappa shape index (κ2) is 10.1. The molecule has 0 aromatic heterocycles. The van der Waals surface area contributed by atoms with Crippen molar-refractivity contribution in [2.45, 2.75) is 33.0 Å². The first-order valence-corrected chi connectivity index (χ1v) is 8.70. The lowest BCUT2D eigenvalue weighted by atomic mass is 10.2. The second-order valence-corrected chi connectivity index (χ2v) is 6.01. The monoisotopic (exact) mass is 362 g/mol. The molecule has 0 radical (unpaired) electrons. The zero-order valence-electron chi connectivity index (χ0n) is 14.5. The van der Waals surface area contributed by atoms with Crippen molar-refractivity contribution < 1.29 is 19.0 Å². The summed E-state index contributed by atoms with van der Waals surface area (Å²) >= 11 is 5.86. The molecule has 0 heterocycles. The van der Waals surface area contributed by atoms with Crippen LogP contribution in [0.4, 0.5) is 0 Å². The van der Waals surface area contributed by atoms with E-state index >= 15 is 0 Å². The van der Waals surface area contributed by atoms with Gasteiger partial charge in [-0.05, 0) is 49.2 Å². The van der Waals surface area contributed by atoms with Crippen LogP contribution in [0.15, 0.2) is 48.5 Å². The van der Waals surface area contributed by atoms with Gasteiger partial charge in [-0.15, -0.1) is 0 Å². The summed E-state index contributed by atoms with van der Waals surface area (Å²) in [5, 5.41) is 0.733. The van der Waals surface area contributed by atoms with Gasteiger partial charge >= 0.3 is 5.97 Å². The molecule has 0 aliphatic rings. The van der Waals surface area contributed by atoms with Gasteiger partial charge in [-0.3, -0.25) is 0 Å². The molecule has 0 bridgehead atoms. The zero-order valence-corrected chi connectivity index (χ0v) is 15.3. The summed E-state index contributed by atoms with van der Waals surface area (Å²) < 4.78 is 16.1. The first-order valence-electron chi connectivity index (χ1n) is 8.33. The fraction of sp³-hybridized carbons (Fsp3) is 0.350. The summed E-state index contributed by atoms with van der Waals surface area (Å²) in [5.74, 6) is 0.428. The summed E-state index contributed by atoms with van der Waals surface area (Å²) in [4.78, 5) is 11.7. The highest BCUT2D eigenvalue weighted by Crippen LogP contribution is 2.15. The van der Waals surface area contributed by atoms with Gasteiger partial charge in [0.1, 0.15) is 12.4 Å². The van der Waals surface area contributed by atoms with Crippen LogP contribution in [-0.2, 0) is 27.3 Å². The van der Waals surface area contributed by atoms with Gasteiger partial charge in [0.25, 0.3) is 0 Å². The van der Waals surface area contributed by atoms with E-state index in [2.05, 4.69) is 0 Å². The topological polar surface area (TPSA) is 44.8 Å². The van der Waals surface area contributed by atoms with Crippen molar-refractivity contribution in [3.05, 3.63) is 64.7 Å². The lowest BCUT2D eigenvalue weighted by Gasteiger charge is -2.11. The highest BCUT2D eigenvalue weighted by atomic mass is 35.5. The highest BCUT2D eigenvalue weighted by Gasteiger charge is 2.13. The van der Waals surface area contributed by atoms with Crippen molar-refractivity contribution in [2.75, 3.05) is 13.2 Å². The van der Waals surface area contributed by atoms with Gasteiger partial charge in [-0.1, -0.05) is 35.9 Å². The molecular formula is C20H23ClO4. The Hall–Kier alpha value is -2.04. The molecule has 134 valence electrons. The Balaban J connectivity index is 1.74. The van der Waals surface area contributed by atoms with E-state index in [0.29, 0.717) is 13.2 Å². The van der Waals surface area contributed by atoms with E-state index in [4.69, 9.17) is 25.8 Å². The number of carbonyl (C=O) groups excluding carboxylic acids is 1. The van der Waals surface area contributed by atoms with Crippen LogP contribution in [0, 0.1) is 0 Å². The molecule has 5 heteroatoms. The number of esters is 1. The van der Waals surface area contributed by atoms with Gasteiger partial charge in [0.15, 0.2) is 6.10 Å². The standard InChI is InChI=1S/C20H23ClO4/c1-3-23-15(2)20(22)25-14-17-6-10-19(11-7-17)24-13-12-16-4-8-18(21)9-5-16/h4-11,15H,3,12-14H2,1-2H3/t15-/m0/s1. The number of benzene rings is 2. The van der Waals surface area contributed by atoms with Gasteiger partial charge in [-0.2, -0.15) is 0 Å². The minimum absolute atomic E-state index is 0.224. The van der Waals surface area contributed by atoms with Gasteiger partial charge in [0, 0.05) is 18.1 Å². The first kappa shape index (κ1) is 19.3. The van der Waals surface area contributed by atoms with Crippen LogP contribution in [0.1, 0.15) is 25.0 Å². The summed E-state index contributed by atoms with van der Waals surface area (Å²) in [5.41, 5.74) is 2.08. The predicted octanol–water partition coefficient (Wildman–Crippen LogP) is 4.43. The SMILES string of the molecule is CCO[C@@H](C)C(=O)OCc1ccc(OCCc2ccc(Cl)cc2)cc1. The van der Waals surface area contributed by atoms with Crippen molar-refractivity contribution in [3.63, 3.8) is 0 Å². The Labute approximate surface area is 153 Å². The normalized spacial score (nSPS) is 11.8. The van der Waals surface area contributed by atoms with Gasteiger partial charge in [0.2, 0.25) is 0 Å². The lowest BCUT2D eigenvalue weighted by Crippen LogP contribution is -2.23. The third kappa shape index (κ3) is 6.77. The van der Waals surface area contributed by atoms with E-state index < -0.39 is 6.10 Å². The summed E-state index contributed by atoms with van der Waals surface area (Å²) in [6, 6.07) is 15.2. The van der Waals surface area contributed by atoms with Crippen molar-refractivity contribution in [1.82, 2.24) is 0 Å². The minimum atomic E-state index is -0.541. The third-order valence-electron chi connectivity index (χ3n) is 3.63. The minimum Gasteiger partial charge on any atom is -0.493 e. The molecule has 0 unspecified atom stereocenters. The third-order valence-corrected chi connectivity index (χ3v) is 3.88. The maximum absolute atomic E-state index is 11.7. The Morgan fingerprint density at radius 3 is 2.32 bits per heavy atom. The maximum Gasteiger partial charge on any atom is 0.335 e. The molecular weight excluding hydrogens is 340 g/mol. The highest BCUT2D eigenvalue weighted by molar-refractivity contribution is 6.30. The molecule has 1 atom stereocenters. The molecule has 0 aliphatic heterocycles. The van der Waals surface area contributed by atoms with Crippen LogP contribution in [0.25, 0.3) is 0 Å². The van der Waals surface area contributed by atoms with Crippen LogP contribution in [-0.4, -0.2) is 25.3 Å². The van der Waals surface area contributed by atoms with E-state index in [1.54, 1.807) is 6.92 Å². The van der Waals surface area contributed by atoms with Gasteiger partial charge in [-0.25, -0.2) is 4.79 Å². The van der Waals surface area contributed by atoms with Crippen molar-refractivity contribution in [2.24, 2.45) is 0 Å². The molecule has 0 amide bonds. The predicted molar refractivity (Wildman–Crippen MR) is 98.0 cm³/mol. The van der Waals surface area contributed by atoms with Crippen molar-refractivity contribution in [1.29, 1.82) is 0 Å². The Morgan fingerprint density at radius 1 is 1.04 bits per heavy atom. The number of rotatable bonds is 9. The van der Waals surface area contributed by atoms with Crippen molar-refractivity contribution >= 4 is 17.6 Å². The van der Waals surface area contributed by atoms with E-state index in [9.17, 15) is 4.79 Å². The molecule has 0 fully saturated rings. The molecule has 25 heavy (non-hydrogen) atoms. The molecule has 0 saturated carbocycles. The lowest BCUT2D eigenvalue weighted by molar-refractivity contribution is -0.157. The van der Waals surface area contributed by atoms with Crippen LogP contribution in [0.3, 0.4) is 0 Å². The van der Waals surface area contributed by atoms with Crippen LogP contribution >= 0.6 is 11.6 Å². The van der Waals surface area contributed by atoms with Crippen LogP contribution in [0.5, 0.6) is 5.75 Å².